The predicted octanol–water partition coefficient (Wildman–Crippen LogP) is 3.45. The van der Waals surface area contributed by atoms with Crippen LogP contribution in [0.5, 0.6) is 11.6 Å². The maximum absolute atomic E-state index is 14.6. The molecule has 0 aromatic carbocycles. The number of nitrogens with zero attached hydrogens (tertiary/aromatic N) is 3. The third-order valence-corrected chi connectivity index (χ3v) is 4.26. The first-order valence-electron chi connectivity index (χ1n) is 8.07. The fourth-order valence-electron chi connectivity index (χ4n) is 2.47. The molecule has 1 aromatic heterocycles. The Morgan fingerprint density at radius 2 is 2.19 bits per heavy atom. The van der Waals surface area contributed by atoms with Gasteiger partial charge in [-0.3, -0.25) is 0 Å². The lowest BCUT2D eigenvalue weighted by molar-refractivity contribution is -0.0112. The van der Waals surface area contributed by atoms with Gasteiger partial charge in [-0.2, -0.15) is 5.26 Å². The number of ether oxygens (including phenoxy) is 3. The quantitative estimate of drug-likeness (QED) is 0.731. The summed E-state index contributed by atoms with van der Waals surface area (Å²) >= 11 is 3.22. The molecule has 0 N–H and O–H groups in total. The molecule has 0 spiro atoms. The third kappa shape index (κ3) is 4.75. The Morgan fingerprint density at radius 3 is 2.73 bits per heavy atom. The minimum atomic E-state index is -1.44. The Kier molecular flexibility index (Phi) is 6.29. The number of rotatable bonds is 3. The summed E-state index contributed by atoms with van der Waals surface area (Å²) in [6.07, 6.45) is -1.15. The Labute approximate surface area is 160 Å². The van der Waals surface area contributed by atoms with Crippen molar-refractivity contribution in [2.24, 2.45) is 0 Å². The molecule has 7 nitrogen and oxygen atoms in total. The van der Waals surface area contributed by atoms with Crippen LogP contribution in [0.4, 0.5) is 9.18 Å². The van der Waals surface area contributed by atoms with E-state index in [1.54, 1.807) is 20.8 Å². The molecule has 1 aliphatic rings. The van der Waals surface area contributed by atoms with Crippen LogP contribution in [0.2, 0.25) is 0 Å². The van der Waals surface area contributed by atoms with Gasteiger partial charge in [0.2, 0.25) is 5.75 Å². The molecule has 1 aliphatic heterocycles. The number of pyridine rings is 1. The summed E-state index contributed by atoms with van der Waals surface area (Å²) in [5.74, 6) is 0.189. The van der Waals surface area contributed by atoms with Crippen molar-refractivity contribution in [3.05, 3.63) is 16.2 Å². The second-order valence-corrected chi connectivity index (χ2v) is 7.67. The molecule has 0 saturated carbocycles. The third-order valence-electron chi connectivity index (χ3n) is 3.66. The highest BCUT2D eigenvalue weighted by Crippen LogP contribution is 2.35. The Morgan fingerprint density at radius 1 is 1.50 bits per heavy atom. The van der Waals surface area contributed by atoms with Gasteiger partial charge in [-0.15, -0.1) is 0 Å². The van der Waals surface area contributed by atoms with Crippen LogP contribution in [0, 0.1) is 11.3 Å². The lowest BCUT2D eigenvalue weighted by Crippen LogP contribution is -2.50. The summed E-state index contributed by atoms with van der Waals surface area (Å²) in [5.41, 5.74) is -0.466. The van der Waals surface area contributed by atoms with Gasteiger partial charge in [0.1, 0.15) is 23.3 Å². The molecule has 1 amide bonds. The molecule has 0 bridgehead atoms. The van der Waals surface area contributed by atoms with Crippen molar-refractivity contribution in [2.45, 2.75) is 45.1 Å². The van der Waals surface area contributed by atoms with Crippen LogP contribution in [-0.2, 0) is 4.74 Å². The Bertz CT molecular complexity index is 717. The first kappa shape index (κ1) is 20.2. The van der Waals surface area contributed by atoms with Gasteiger partial charge in [-0.05, 0) is 36.7 Å². The van der Waals surface area contributed by atoms with Crippen LogP contribution in [0.3, 0.4) is 0 Å². The first-order valence-corrected chi connectivity index (χ1v) is 8.86. The molecule has 0 unspecified atom stereocenters. The van der Waals surface area contributed by atoms with Crippen LogP contribution in [-0.4, -0.2) is 54.1 Å². The zero-order chi connectivity index (χ0) is 19.5. The minimum absolute atomic E-state index is 0.0859. The van der Waals surface area contributed by atoms with Gasteiger partial charge in [-0.1, -0.05) is 0 Å². The largest absolute Gasteiger partial charge is 0.480 e. The van der Waals surface area contributed by atoms with E-state index in [2.05, 4.69) is 20.9 Å². The molecule has 142 valence electrons. The topological polar surface area (TPSA) is 84.7 Å². The van der Waals surface area contributed by atoms with Crippen molar-refractivity contribution < 1.29 is 23.4 Å². The summed E-state index contributed by atoms with van der Waals surface area (Å²) in [7, 11) is 1.39. The Hall–Kier alpha value is -2.08. The van der Waals surface area contributed by atoms with E-state index in [1.807, 2.05) is 6.07 Å². The van der Waals surface area contributed by atoms with E-state index >= 15 is 0 Å². The highest BCUT2D eigenvalue weighted by Gasteiger charge is 2.36. The van der Waals surface area contributed by atoms with Crippen molar-refractivity contribution in [3.63, 3.8) is 0 Å². The standard InChI is InChI=1S/C17H21BrFN3O4/c1-17(2,3)26-16(23)22-6-5-13(12(19)9-22)25-14-10(7-20)11(18)8-21-15(14)24-4/h8,12-13H,5-6,9H2,1-4H3/t12-,13+/m0/s1. The summed E-state index contributed by atoms with van der Waals surface area (Å²) < 4.78 is 31.2. The number of carbonyl (C=O) groups excluding carboxylic acids is 1. The molecular formula is C17H21BrFN3O4. The predicted molar refractivity (Wildman–Crippen MR) is 94.9 cm³/mol. The van der Waals surface area contributed by atoms with Crippen molar-refractivity contribution >= 4 is 22.0 Å². The molecule has 9 heteroatoms. The lowest BCUT2D eigenvalue weighted by Gasteiger charge is -2.35. The number of carbonyl (C=O) groups is 1. The summed E-state index contributed by atoms with van der Waals surface area (Å²) in [5, 5.41) is 9.33. The normalized spacial score (nSPS) is 20.3. The van der Waals surface area contributed by atoms with E-state index in [-0.39, 0.29) is 36.7 Å². The number of alkyl halides is 1. The number of likely N-dealkylation sites (tertiary alicyclic amines) is 1. The molecular weight excluding hydrogens is 409 g/mol. The molecule has 26 heavy (non-hydrogen) atoms. The zero-order valence-corrected chi connectivity index (χ0v) is 16.7. The molecule has 0 radical (unpaired) electrons. The van der Waals surface area contributed by atoms with E-state index in [0.717, 1.165) is 0 Å². The smallest absolute Gasteiger partial charge is 0.410 e. The minimum Gasteiger partial charge on any atom is -0.480 e. The zero-order valence-electron chi connectivity index (χ0n) is 15.1. The first-order chi connectivity index (χ1) is 12.2. The highest BCUT2D eigenvalue weighted by molar-refractivity contribution is 9.10. The summed E-state index contributed by atoms with van der Waals surface area (Å²) in [4.78, 5) is 17.4. The van der Waals surface area contributed by atoms with Gasteiger partial charge in [0.25, 0.3) is 5.88 Å². The number of hydrogen-bond acceptors (Lipinski definition) is 6. The fraction of sp³-hybridized carbons (Fsp3) is 0.588. The molecule has 2 rings (SSSR count). The van der Waals surface area contributed by atoms with Crippen molar-refractivity contribution in [1.29, 1.82) is 5.26 Å². The lowest BCUT2D eigenvalue weighted by atomic mass is 10.1. The number of nitriles is 1. The number of hydrogen-bond donors (Lipinski definition) is 0. The van der Waals surface area contributed by atoms with E-state index in [9.17, 15) is 14.4 Å². The molecule has 1 saturated heterocycles. The average molecular weight is 430 g/mol. The van der Waals surface area contributed by atoms with E-state index < -0.39 is 24.0 Å². The van der Waals surface area contributed by atoms with Crippen molar-refractivity contribution in [2.75, 3.05) is 20.2 Å². The molecule has 0 aliphatic carbocycles. The SMILES string of the molecule is COc1ncc(Br)c(C#N)c1O[C@@H]1CCN(C(=O)OC(C)(C)C)C[C@@H]1F. The number of methoxy groups -OCH3 is 1. The number of amides is 1. The van der Waals surface area contributed by atoms with E-state index in [1.165, 1.54) is 18.2 Å². The van der Waals surface area contributed by atoms with Crippen LogP contribution in [0.1, 0.15) is 32.8 Å². The summed E-state index contributed by atoms with van der Waals surface area (Å²) in [6, 6.07) is 2.00. The van der Waals surface area contributed by atoms with E-state index in [4.69, 9.17) is 14.2 Å². The Balaban J connectivity index is 2.11. The maximum Gasteiger partial charge on any atom is 0.410 e. The monoisotopic (exact) mass is 429 g/mol. The van der Waals surface area contributed by atoms with Gasteiger partial charge in [-0.25, -0.2) is 14.2 Å². The number of aromatic nitrogens is 1. The van der Waals surface area contributed by atoms with Gasteiger partial charge in [0.15, 0.2) is 6.17 Å². The highest BCUT2D eigenvalue weighted by atomic mass is 79.9. The molecule has 2 atom stereocenters. The van der Waals surface area contributed by atoms with Gasteiger partial charge < -0.3 is 19.1 Å². The maximum atomic E-state index is 14.6. The van der Waals surface area contributed by atoms with Gasteiger partial charge in [0, 0.05) is 19.2 Å². The second kappa shape index (κ2) is 8.08. The average Bonchev–Trinajstić information content (AvgIpc) is 2.55. The van der Waals surface area contributed by atoms with Gasteiger partial charge >= 0.3 is 6.09 Å². The molecule has 1 fully saturated rings. The molecule has 2 heterocycles. The summed E-state index contributed by atoms with van der Waals surface area (Å²) in [6.45, 7) is 5.40. The second-order valence-electron chi connectivity index (χ2n) is 6.82. The van der Waals surface area contributed by atoms with Crippen LogP contribution in [0.25, 0.3) is 0 Å². The molecule has 1 aromatic rings. The van der Waals surface area contributed by atoms with E-state index in [0.29, 0.717) is 4.47 Å². The van der Waals surface area contributed by atoms with Crippen molar-refractivity contribution in [1.82, 2.24) is 9.88 Å². The fourth-order valence-corrected chi connectivity index (χ4v) is 2.84. The van der Waals surface area contributed by atoms with Crippen LogP contribution >= 0.6 is 15.9 Å². The van der Waals surface area contributed by atoms with Crippen LogP contribution in [0.15, 0.2) is 10.7 Å². The van der Waals surface area contributed by atoms with Gasteiger partial charge in [0.05, 0.1) is 18.1 Å². The van der Waals surface area contributed by atoms with Crippen LogP contribution < -0.4 is 9.47 Å². The van der Waals surface area contributed by atoms with Crippen molar-refractivity contribution in [3.8, 4) is 17.7 Å². The number of piperidine rings is 1. The number of halogens is 2.